The molecule has 1 heterocycles. The number of anilines is 1. The molecule has 0 saturated heterocycles. The van der Waals surface area contributed by atoms with Gasteiger partial charge in [-0.1, -0.05) is 42.5 Å². The van der Waals surface area contributed by atoms with Crippen LogP contribution in [0.15, 0.2) is 72.8 Å². The van der Waals surface area contributed by atoms with Gasteiger partial charge < -0.3 is 14.4 Å². The highest BCUT2D eigenvalue weighted by molar-refractivity contribution is 6.00. The molecule has 0 unspecified atom stereocenters. The van der Waals surface area contributed by atoms with E-state index < -0.39 is 12.1 Å². The van der Waals surface area contributed by atoms with Crippen molar-refractivity contribution in [1.29, 1.82) is 0 Å². The van der Waals surface area contributed by atoms with Gasteiger partial charge in [0, 0.05) is 19.2 Å². The number of carbonyl (C=O) groups is 3. The molecule has 162 valence electrons. The van der Waals surface area contributed by atoms with Crippen LogP contribution in [-0.4, -0.2) is 30.5 Å². The van der Waals surface area contributed by atoms with Gasteiger partial charge >= 0.3 is 11.9 Å². The minimum absolute atomic E-state index is 0.229. The molecule has 6 heteroatoms. The molecule has 3 aromatic carbocycles. The summed E-state index contributed by atoms with van der Waals surface area (Å²) in [5.41, 5.74) is 4.18. The number of para-hydroxylation sites is 1. The van der Waals surface area contributed by atoms with Gasteiger partial charge in [-0.15, -0.1) is 0 Å². The van der Waals surface area contributed by atoms with E-state index in [1.54, 1.807) is 48.2 Å². The first kappa shape index (κ1) is 21.3. The lowest BCUT2D eigenvalue weighted by Crippen LogP contribution is -2.39. The summed E-state index contributed by atoms with van der Waals surface area (Å²) in [7, 11) is 0. The maximum atomic E-state index is 12.8. The molecule has 0 aromatic heterocycles. The Morgan fingerprint density at radius 2 is 1.50 bits per heavy atom. The van der Waals surface area contributed by atoms with E-state index in [-0.39, 0.29) is 11.9 Å². The molecule has 32 heavy (non-hydrogen) atoms. The van der Waals surface area contributed by atoms with E-state index in [1.807, 2.05) is 36.4 Å². The van der Waals surface area contributed by atoms with Crippen LogP contribution >= 0.6 is 0 Å². The Morgan fingerprint density at radius 3 is 2.16 bits per heavy atom. The molecular weight excluding hydrogens is 406 g/mol. The van der Waals surface area contributed by atoms with Crippen LogP contribution in [0.3, 0.4) is 0 Å². The maximum absolute atomic E-state index is 12.8. The van der Waals surface area contributed by atoms with Crippen molar-refractivity contribution in [3.63, 3.8) is 0 Å². The SMILES string of the molecule is CC(=O)Oc1ccc(-c2ccc(C(=O)O[C@@H](C)C(=O)N3CCc4ccccc43)cc2)cc1. The number of amides is 1. The fraction of sp³-hybridized carbons (Fsp3) is 0.192. The topological polar surface area (TPSA) is 72.9 Å². The molecule has 1 amide bonds. The molecule has 1 aliphatic heterocycles. The average molecular weight is 429 g/mol. The van der Waals surface area contributed by atoms with Gasteiger partial charge in [0.15, 0.2) is 6.10 Å². The van der Waals surface area contributed by atoms with Crippen LogP contribution in [0.4, 0.5) is 5.69 Å². The van der Waals surface area contributed by atoms with E-state index in [0.29, 0.717) is 17.9 Å². The summed E-state index contributed by atoms with van der Waals surface area (Å²) in [6, 6.07) is 21.8. The lowest BCUT2D eigenvalue weighted by molar-refractivity contribution is -0.131. The number of hydrogen-bond donors (Lipinski definition) is 0. The summed E-state index contributed by atoms with van der Waals surface area (Å²) in [4.78, 5) is 38.1. The standard InChI is InChI=1S/C26H23NO5/c1-17(25(29)27-16-15-21-5-3-4-6-24(21)27)31-26(30)22-9-7-19(8-10-22)20-11-13-23(14-12-20)32-18(2)28/h3-14,17H,15-16H2,1-2H3/t17-/m0/s1. The Bertz CT molecular complexity index is 1150. The summed E-state index contributed by atoms with van der Waals surface area (Å²) in [5, 5.41) is 0. The molecular formula is C26H23NO5. The first-order chi connectivity index (χ1) is 15.4. The molecule has 4 rings (SSSR count). The number of ether oxygens (including phenoxy) is 2. The number of esters is 2. The van der Waals surface area contributed by atoms with Gasteiger partial charge in [-0.2, -0.15) is 0 Å². The lowest BCUT2D eigenvalue weighted by Gasteiger charge is -2.21. The summed E-state index contributed by atoms with van der Waals surface area (Å²) in [6.45, 7) is 3.54. The number of carbonyl (C=O) groups excluding carboxylic acids is 3. The Hall–Kier alpha value is -3.93. The van der Waals surface area contributed by atoms with E-state index in [4.69, 9.17) is 9.47 Å². The highest BCUT2D eigenvalue weighted by Crippen LogP contribution is 2.28. The molecule has 0 saturated carbocycles. The monoisotopic (exact) mass is 429 g/mol. The second-order valence-electron chi connectivity index (χ2n) is 7.61. The molecule has 3 aromatic rings. The fourth-order valence-corrected chi connectivity index (χ4v) is 3.75. The largest absolute Gasteiger partial charge is 0.449 e. The van der Waals surface area contributed by atoms with Crippen molar-refractivity contribution in [1.82, 2.24) is 0 Å². The van der Waals surface area contributed by atoms with E-state index in [0.717, 1.165) is 28.8 Å². The Morgan fingerprint density at radius 1 is 0.875 bits per heavy atom. The third kappa shape index (κ3) is 4.54. The van der Waals surface area contributed by atoms with Gasteiger partial charge in [0.05, 0.1) is 5.56 Å². The molecule has 1 atom stereocenters. The summed E-state index contributed by atoms with van der Waals surface area (Å²) in [6.07, 6.45) is -0.0894. The van der Waals surface area contributed by atoms with Crippen molar-refractivity contribution in [2.75, 3.05) is 11.4 Å². The van der Waals surface area contributed by atoms with E-state index in [2.05, 4.69) is 0 Å². The van der Waals surface area contributed by atoms with Crippen molar-refractivity contribution in [2.45, 2.75) is 26.4 Å². The molecule has 6 nitrogen and oxygen atoms in total. The predicted octanol–water partition coefficient (Wildman–Crippen LogP) is 4.41. The highest BCUT2D eigenvalue weighted by atomic mass is 16.5. The molecule has 0 fully saturated rings. The van der Waals surface area contributed by atoms with Crippen LogP contribution in [0.5, 0.6) is 5.75 Å². The first-order valence-corrected chi connectivity index (χ1v) is 10.4. The van der Waals surface area contributed by atoms with Crippen molar-refractivity contribution in [3.05, 3.63) is 83.9 Å². The second kappa shape index (κ2) is 9.06. The first-order valence-electron chi connectivity index (χ1n) is 10.4. The van der Waals surface area contributed by atoms with Crippen molar-refractivity contribution in [2.24, 2.45) is 0 Å². The van der Waals surface area contributed by atoms with Crippen LogP contribution < -0.4 is 9.64 Å². The Labute approximate surface area is 186 Å². The van der Waals surface area contributed by atoms with Crippen LogP contribution in [0.25, 0.3) is 11.1 Å². The lowest BCUT2D eigenvalue weighted by atomic mass is 10.0. The maximum Gasteiger partial charge on any atom is 0.338 e. The van der Waals surface area contributed by atoms with E-state index >= 15 is 0 Å². The number of benzene rings is 3. The van der Waals surface area contributed by atoms with Gasteiger partial charge in [-0.3, -0.25) is 9.59 Å². The molecule has 1 aliphatic rings. The van der Waals surface area contributed by atoms with Crippen LogP contribution in [-0.2, 0) is 20.7 Å². The molecule has 0 N–H and O–H groups in total. The average Bonchev–Trinajstić information content (AvgIpc) is 3.23. The minimum Gasteiger partial charge on any atom is -0.449 e. The van der Waals surface area contributed by atoms with Crippen LogP contribution in [0, 0.1) is 0 Å². The number of rotatable bonds is 5. The van der Waals surface area contributed by atoms with Gasteiger partial charge in [0.1, 0.15) is 5.75 Å². The van der Waals surface area contributed by atoms with Crippen LogP contribution in [0.2, 0.25) is 0 Å². The number of fused-ring (bicyclic) bond motifs is 1. The Kier molecular flexibility index (Phi) is 6.03. The third-order valence-corrected chi connectivity index (χ3v) is 5.35. The zero-order chi connectivity index (χ0) is 22.7. The van der Waals surface area contributed by atoms with Crippen molar-refractivity contribution in [3.8, 4) is 16.9 Å². The normalized spacial score (nSPS) is 13.2. The van der Waals surface area contributed by atoms with Crippen molar-refractivity contribution >= 4 is 23.5 Å². The molecule has 0 radical (unpaired) electrons. The molecule has 0 aliphatic carbocycles. The summed E-state index contributed by atoms with van der Waals surface area (Å²) in [5.74, 6) is -0.675. The summed E-state index contributed by atoms with van der Waals surface area (Å²) < 4.78 is 10.5. The fourth-order valence-electron chi connectivity index (χ4n) is 3.75. The molecule has 0 spiro atoms. The zero-order valence-electron chi connectivity index (χ0n) is 17.9. The highest BCUT2D eigenvalue weighted by Gasteiger charge is 2.29. The Balaban J connectivity index is 1.39. The van der Waals surface area contributed by atoms with E-state index in [1.165, 1.54) is 6.92 Å². The van der Waals surface area contributed by atoms with E-state index in [9.17, 15) is 14.4 Å². The predicted molar refractivity (Wildman–Crippen MR) is 121 cm³/mol. The number of hydrogen-bond acceptors (Lipinski definition) is 5. The molecule has 0 bridgehead atoms. The van der Waals surface area contributed by atoms with Crippen LogP contribution in [0.1, 0.15) is 29.8 Å². The second-order valence-corrected chi connectivity index (χ2v) is 7.61. The van der Waals surface area contributed by atoms with Crippen molar-refractivity contribution < 1.29 is 23.9 Å². The van der Waals surface area contributed by atoms with Gasteiger partial charge in [0.2, 0.25) is 0 Å². The van der Waals surface area contributed by atoms with Gasteiger partial charge in [-0.25, -0.2) is 4.79 Å². The smallest absolute Gasteiger partial charge is 0.338 e. The van der Waals surface area contributed by atoms with Gasteiger partial charge in [-0.05, 0) is 60.4 Å². The van der Waals surface area contributed by atoms with Gasteiger partial charge in [0.25, 0.3) is 5.91 Å². The summed E-state index contributed by atoms with van der Waals surface area (Å²) >= 11 is 0. The zero-order valence-corrected chi connectivity index (χ0v) is 17.9. The minimum atomic E-state index is -0.887. The third-order valence-electron chi connectivity index (χ3n) is 5.35. The number of nitrogens with zero attached hydrogens (tertiary/aromatic N) is 1. The quantitative estimate of drug-likeness (QED) is 0.444.